The summed E-state index contributed by atoms with van der Waals surface area (Å²) in [6.07, 6.45) is 5.02. The molecule has 7 atom stereocenters. The summed E-state index contributed by atoms with van der Waals surface area (Å²) < 4.78 is 70.4. The molecule has 35 nitrogen and oxygen atoms in total. The number of anilines is 5. The van der Waals surface area contributed by atoms with Crippen LogP contribution in [0.5, 0.6) is 23.0 Å². The maximum atomic E-state index is 15.2. The Labute approximate surface area is 829 Å². The van der Waals surface area contributed by atoms with E-state index in [-0.39, 0.29) is 196 Å². The predicted molar refractivity (Wildman–Crippen MR) is 533 cm³/mol. The molecule has 5 aromatic carbocycles. The van der Waals surface area contributed by atoms with Gasteiger partial charge in [0.25, 0.3) is 11.8 Å². The molecular formula is C103H142N10O25S2. The van der Waals surface area contributed by atoms with Crippen molar-refractivity contribution >= 4 is 127 Å². The Bertz CT molecular complexity index is 4990. The smallest absolute Gasteiger partial charge is 0.414 e. The zero-order valence-corrected chi connectivity index (χ0v) is 84.6. The highest BCUT2D eigenvalue weighted by molar-refractivity contribution is 8.77. The summed E-state index contributed by atoms with van der Waals surface area (Å²) in [4.78, 5) is 191. The van der Waals surface area contributed by atoms with Gasteiger partial charge in [-0.25, -0.2) is 9.59 Å². The molecule has 0 radical (unpaired) electrons. The summed E-state index contributed by atoms with van der Waals surface area (Å²) in [5.41, 5.74) is 4.65. The fourth-order valence-corrected chi connectivity index (χ4v) is 20.0. The number of rotatable bonds is 41. The highest BCUT2D eigenvalue weighted by atomic mass is 33.1. The Morgan fingerprint density at radius 1 is 0.514 bits per heavy atom. The minimum Gasteiger partial charge on any atom is -0.493 e. The maximum absolute atomic E-state index is 15.2. The molecule has 9 amide bonds. The lowest BCUT2D eigenvalue weighted by Crippen LogP contribution is -2.49. The Kier molecular flexibility index (Phi) is 45.4. The fraction of sp³-hybridized carbons (Fsp3) is 0.583. The molecule has 5 aromatic rings. The van der Waals surface area contributed by atoms with E-state index in [1.165, 1.54) is 30.9 Å². The molecular weight excluding hydrogens is 1840 g/mol. The summed E-state index contributed by atoms with van der Waals surface area (Å²) in [7, 11) is 11.1. The SMILES string of the molecule is CCC(=O)CCCSSC(C)(C)CN(CCOCCOC)c1cc2cc(c1)COc1cc3c(cc1OC)C(=O)N1CCC[C@H]1C(C)N3C(=O)OCc1ccc(cc1)NC(=O)[C@H](CCCCCC(=O)CCOCCOC)NC(=O)[C@H](C)CC(=O)CCC(=O)C[C@@H](C)C(=O)N[C@@H](CCCCNC(=O)CCOCCOC)C(=O)Nc1ccc(cc1)COC(=O)N1C[C@@H]3CCCN3C(=O)c3cc(OC)c(cc31)OC2. The quantitative estimate of drug-likeness (QED) is 0.0179. The predicted octanol–water partition coefficient (Wildman–Crippen LogP) is 13.9. The highest BCUT2D eigenvalue weighted by Gasteiger charge is 2.45. The molecule has 766 valence electrons. The molecule has 8 heterocycles. The lowest BCUT2D eigenvalue weighted by atomic mass is 9.96. The van der Waals surface area contributed by atoms with Gasteiger partial charge in [0.15, 0.2) is 23.0 Å². The largest absolute Gasteiger partial charge is 0.493 e. The van der Waals surface area contributed by atoms with Gasteiger partial charge in [-0.3, -0.25) is 62.5 Å². The van der Waals surface area contributed by atoms with Gasteiger partial charge >= 0.3 is 12.2 Å². The number of nitrogens with one attached hydrogen (secondary N) is 5. The van der Waals surface area contributed by atoms with E-state index in [4.69, 9.17) is 56.8 Å². The number of amides is 9. The molecule has 0 spiro atoms. The van der Waals surface area contributed by atoms with Crippen molar-refractivity contribution in [2.45, 2.75) is 238 Å². The van der Waals surface area contributed by atoms with Crippen LogP contribution in [0.3, 0.4) is 0 Å². The third kappa shape index (κ3) is 34.2. The second-order valence-electron chi connectivity index (χ2n) is 36.6. The van der Waals surface area contributed by atoms with Crippen molar-refractivity contribution < 1.29 is 119 Å². The molecule has 5 N–H and O–H groups in total. The van der Waals surface area contributed by atoms with Crippen LogP contribution in [0.2, 0.25) is 0 Å². The van der Waals surface area contributed by atoms with Crippen LogP contribution in [-0.2, 0) is 107 Å². The van der Waals surface area contributed by atoms with Gasteiger partial charge < -0.3 is 98.1 Å². The van der Waals surface area contributed by atoms with E-state index in [1.807, 2.05) is 32.0 Å². The Morgan fingerprint density at radius 2 is 1.02 bits per heavy atom. The number of carbonyl (C=O) groups excluding carboxylic acids is 13. The summed E-state index contributed by atoms with van der Waals surface area (Å²) in [5.74, 6) is -4.11. The van der Waals surface area contributed by atoms with Gasteiger partial charge in [-0.1, -0.05) is 79.5 Å². The van der Waals surface area contributed by atoms with Crippen LogP contribution in [0.4, 0.5) is 38.0 Å². The standard InChI is InChI=1S/C103H142N10O25S2/c1-12-79(114)23-20-52-139-140-103(5,6)67-109(42-45-134-51-48-129-9)78-56-73-55-74(57-78)66-136-93-61-89-84(59-91(93)131-11)100(124)111-41-19-26-87(111)70(4)113(89)102(126)138-64-72-29-33-76(34-30-72)105-97(121)85(24-15-13-14-22-80(115)37-43-132-49-46-127-7)107-95(119)68(2)53-81(116)35-36-82(117)54-69(3)96(120)108-86(25-16-17-39-104-94(118)38-44-133-50-47-128-8)98(122)106-75-31-27-71(28-32-75)63-137-101(125)112-62-77-21-18-40-110(77)99(123)83-58-90(130-10)92(135-65-73)60-88(83)112/h27-34,55-61,68-70,77,85-87H,12-26,35-54,62-67H2,1-11H3,(H,104,118)(H,105,121)(H,106,122)(H,107,119)(H,108,120)/t68-,69-,70?,77+,85+,86+,87+/m1/s1. The molecule has 37 heteroatoms. The number of nitrogens with zero attached hydrogens (tertiary/aromatic N) is 5. The normalized spacial score (nSPS) is 19.6. The number of methoxy groups -OCH3 is 5. The number of benzene rings is 5. The first-order valence-electron chi connectivity index (χ1n) is 48.9. The minimum atomic E-state index is -1.13. The Hall–Kier alpha value is -10.9. The molecule has 2 fully saturated rings. The van der Waals surface area contributed by atoms with Crippen molar-refractivity contribution in [3.05, 3.63) is 124 Å². The first-order chi connectivity index (χ1) is 67.5. The number of hydrogen-bond donors (Lipinski definition) is 5. The number of Topliss-reactive ketones (excluding diaryl/α,β-unsaturated/α-hetero) is 4. The molecule has 140 heavy (non-hydrogen) atoms. The number of hydrogen-bond acceptors (Lipinski definition) is 28. The number of unbranched alkanes of at least 4 members (excludes halogenated alkanes) is 3. The van der Waals surface area contributed by atoms with Gasteiger partial charge in [-0.2, -0.15) is 0 Å². The van der Waals surface area contributed by atoms with Crippen LogP contribution in [0.25, 0.3) is 0 Å². The summed E-state index contributed by atoms with van der Waals surface area (Å²) in [6, 6.07) is 21.9. The van der Waals surface area contributed by atoms with Crippen molar-refractivity contribution in [1.29, 1.82) is 0 Å². The van der Waals surface area contributed by atoms with Crippen LogP contribution >= 0.6 is 21.6 Å². The van der Waals surface area contributed by atoms with Crippen molar-refractivity contribution in [1.82, 2.24) is 25.8 Å². The molecule has 8 aliphatic rings. The van der Waals surface area contributed by atoms with E-state index in [9.17, 15) is 57.5 Å². The number of ether oxygens (including phenoxy) is 12. The van der Waals surface area contributed by atoms with Crippen molar-refractivity contribution in [3.8, 4) is 23.0 Å². The van der Waals surface area contributed by atoms with Gasteiger partial charge in [-0.05, 0) is 162 Å². The molecule has 2 saturated heterocycles. The van der Waals surface area contributed by atoms with Crippen LogP contribution in [0, 0.1) is 11.8 Å². The number of carbonyl (C=O) groups is 13. The summed E-state index contributed by atoms with van der Waals surface area (Å²) >= 11 is 0. The van der Waals surface area contributed by atoms with Gasteiger partial charge in [0.2, 0.25) is 29.5 Å². The third-order valence-corrected chi connectivity index (χ3v) is 28.6. The zero-order chi connectivity index (χ0) is 101. The lowest BCUT2D eigenvalue weighted by molar-refractivity contribution is -0.132. The Morgan fingerprint density at radius 3 is 1.59 bits per heavy atom. The lowest BCUT2D eigenvalue weighted by Gasteiger charge is -2.34. The van der Waals surface area contributed by atoms with Crippen LogP contribution in [0.1, 0.15) is 219 Å². The second-order valence-corrected chi connectivity index (χ2v) is 39.7. The molecule has 1 unspecified atom stereocenters. The molecule has 0 saturated carbocycles. The summed E-state index contributed by atoms with van der Waals surface area (Å²) in [6.45, 7) is 15.7. The van der Waals surface area contributed by atoms with E-state index < -0.39 is 83.4 Å². The molecule has 0 aromatic heterocycles. The van der Waals surface area contributed by atoms with Crippen molar-refractivity contribution in [2.24, 2.45) is 11.8 Å². The van der Waals surface area contributed by atoms with Gasteiger partial charge in [0.05, 0.1) is 114 Å². The highest BCUT2D eigenvalue weighted by Crippen LogP contribution is 2.45. The van der Waals surface area contributed by atoms with E-state index in [2.05, 4.69) is 45.3 Å². The van der Waals surface area contributed by atoms with E-state index in [0.29, 0.717) is 177 Å². The third-order valence-electron chi connectivity index (χ3n) is 25.2. The monoisotopic (exact) mass is 1980 g/mol. The van der Waals surface area contributed by atoms with Crippen LogP contribution in [-0.4, -0.2) is 261 Å². The minimum absolute atomic E-state index is 0.0181. The maximum Gasteiger partial charge on any atom is 0.414 e. The first kappa shape index (κ1) is 111. The van der Waals surface area contributed by atoms with Gasteiger partial charge in [-0.15, -0.1) is 0 Å². The summed E-state index contributed by atoms with van der Waals surface area (Å²) in [5, 5.41) is 14.4. The Balaban J connectivity index is 0.977. The van der Waals surface area contributed by atoms with E-state index >= 15 is 4.79 Å². The van der Waals surface area contributed by atoms with Crippen LogP contribution < -0.4 is 60.2 Å². The van der Waals surface area contributed by atoms with E-state index in [1.54, 1.807) is 132 Å². The zero-order valence-electron chi connectivity index (χ0n) is 83.0. The van der Waals surface area contributed by atoms with Crippen molar-refractivity contribution in [2.75, 3.05) is 165 Å². The molecule has 8 aliphatic heterocycles. The average Bonchev–Trinajstić information content (AvgIpc) is 1.60. The van der Waals surface area contributed by atoms with E-state index in [0.717, 1.165) is 17.9 Å². The van der Waals surface area contributed by atoms with Crippen molar-refractivity contribution in [3.63, 3.8) is 0 Å². The average molecular weight is 1980 g/mol. The first-order valence-corrected chi connectivity index (χ1v) is 51.2. The fourth-order valence-electron chi connectivity index (χ4n) is 17.4. The number of fused-ring (bicyclic) bond motifs is 2. The topological polar surface area (TPSA) is 409 Å². The van der Waals surface area contributed by atoms with Gasteiger partial charge in [0, 0.05) is 170 Å². The molecule has 10 bridgehead atoms. The second kappa shape index (κ2) is 57.2. The van der Waals surface area contributed by atoms with Gasteiger partial charge in [0.1, 0.15) is 61.6 Å². The molecule has 13 rings (SSSR count). The number of ketones is 4. The van der Waals surface area contributed by atoms with Crippen LogP contribution in [0.15, 0.2) is 91.0 Å². The molecule has 0 aliphatic carbocycles.